The summed E-state index contributed by atoms with van der Waals surface area (Å²) in [5.41, 5.74) is 0. The topological polar surface area (TPSA) is 55.8 Å². The molecule has 0 radical (unpaired) electrons. The van der Waals surface area contributed by atoms with Gasteiger partial charge in [0, 0.05) is 13.5 Å². The van der Waals surface area contributed by atoms with Crippen LogP contribution in [-0.2, 0) is 14.3 Å². The molecular formula is C7H12O4. The van der Waals surface area contributed by atoms with Crippen molar-refractivity contribution < 1.29 is 19.4 Å². The fraction of sp³-hybridized carbons (Fsp3) is 0.857. The van der Waals surface area contributed by atoms with E-state index < -0.39 is 18.5 Å². The van der Waals surface area contributed by atoms with E-state index in [-0.39, 0.29) is 12.2 Å². The first-order valence-corrected chi connectivity index (χ1v) is 3.55. The smallest absolute Gasteiger partial charge is 0.190 e. The third kappa shape index (κ3) is 1.77. The fourth-order valence-corrected chi connectivity index (χ4v) is 1.13. The normalized spacial score (nSPS) is 39.2. The highest BCUT2D eigenvalue weighted by Gasteiger charge is 2.33. The average molecular weight is 160 g/mol. The van der Waals surface area contributed by atoms with E-state index in [2.05, 4.69) is 0 Å². The van der Waals surface area contributed by atoms with E-state index in [9.17, 15) is 4.79 Å². The Morgan fingerprint density at radius 2 is 2.36 bits per heavy atom. The van der Waals surface area contributed by atoms with Crippen molar-refractivity contribution in [3.05, 3.63) is 0 Å². The van der Waals surface area contributed by atoms with Crippen molar-refractivity contribution in [3.63, 3.8) is 0 Å². The second-order valence-corrected chi connectivity index (χ2v) is 2.60. The highest BCUT2D eigenvalue weighted by atomic mass is 16.6. The van der Waals surface area contributed by atoms with Gasteiger partial charge in [0.05, 0.1) is 0 Å². The molecule has 1 aliphatic rings. The van der Waals surface area contributed by atoms with Gasteiger partial charge in [-0.25, -0.2) is 0 Å². The van der Waals surface area contributed by atoms with Crippen LogP contribution in [0.5, 0.6) is 0 Å². The third-order valence-electron chi connectivity index (χ3n) is 1.78. The van der Waals surface area contributed by atoms with Crippen molar-refractivity contribution in [2.45, 2.75) is 31.8 Å². The zero-order chi connectivity index (χ0) is 8.43. The predicted octanol–water partition coefficient (Wildman–Crippen LogP) is -0.302. The number of ether oxygens (including phenoxy) is 2. The van der Waals surface area contributed by atoms with Crippen molar-refractivity contribution in [3.8, 4) is 0 Å². The maximum Gasteiger partial charge on any atom is 0.190 e. The maximum absolute atomic E-state index is 11.1. The Morgan fingerprint density at radius 1 is 1.73 bits per heavy atom. The summed E-state index contributed by atoms with van der Waals surface area (Å²) >= 11 is 0. The molecule has 0 aromatic carbocycles. The zero-order valence-electron chi connectivity index (χ0n) is 6.61. The van der Waals surface area contributed by atoms with Gasteiger partial charge in [0.15, 0.2) is 12.1 Å². The average Bonchev–Trinajstić information content (AvgIpc) is 1.96. The lowest BCUT2D eigenvalue weighted by atomic mass is 10.0. The molecule has 2 unspecified atom stereocenters. The van der Waals surface area contributed by atoms with Gasteiger partial charge in [0.1, 0.15) is 12.2 Å². The van der Waals surface area contributed by atoms with Crippen LogP contribution in [0, 0.1) is 0 Å². The molecule has 0 aromatic rings. The first kappa shape index (κ1) is 8.64. The number of aliphatic hydroxyl groups excluding tert-OH is 1. The molecule has 0 spiro atoms. The Balaban J connectivity index is 2.59. The Bertz CT molecular complexity index is 157. The van der Waals surface area contributed by atoms with Gasteiger partial charge in [-0.1, -0.05) is 0 Å². The molecular weight excluding hydrogens is 148 g/mol. The van der Waals surface area contributed by atoms with E-state index in [1.54, 1.807) is 6.92 Å². The minimum atomic E-state index is -0.868. The number of hydrogen-bond donors (Lipinski definition) is 1. The van der Waals surface area contributed by atoms with Crippen LogP contribution < -0.4 is 0 Å². The number of carbonyl (C=O) groups excluding carboxylic acids is 1. The molecule has 0 saturated carbocycles. The molecule has 11 heavy (non-hydrogen) atoms. The van der Waals surface area contributed by atoms with Gasteiger partial charge in [0.25, 0.3) is 0 Å². The number of hydrogen-bond acceptors (Lipinski definition) is 4. The van der Waals surface area contributed by atoms with Gasteiger partial charge >= 0.3 is 0 Å². The molecule has 0 bridgehead atoms. The van der Waals surface area contributed by atoms with E-state index in [0.29, 0.717) is 0 Å². The summed E-state index contributed by atoms with van der Waals surface area (Å²) in [6.45, 7) is 1.61. The van der Waals surface area contributed by atoms with Crippen LogP contribution in [0.15, 0.2) is 0 Å². The highest BCUT2D eigenvalue weighted by molar-refractivity contribution is 5.87. The lowest BCUT2D eigenvalue weighted by Crippen LogP contribution is -2.44. The Kier molecular flexibility index (Phi) is 2.59. The van der Waals surface area contributed by atoms with Crippen LogP contribution in [0.2, 0.25) is 0 Å². The molecule has 4 heteroatoms. The molecule has 3 atom stereocenters. The van der Waals surface area contributed by atoms with Gasteiger partial charge < -0.3 is 14.6 Å². The monoisotopic (exact) mass is 160 g/mol. The van der Waals surface area contributed by atoms with Crippen molar-refractivity contribution in [1.82, 2.24) is 0 Å². The number of Topliss-reactive ketones (excluding diaryl/α,β-unsaturated/α-hetero) is 1. The first-order valence-electron chi connectivity index (χ1n) is 3.55. The van der Waals surface area contributed by atoms with Crippen LogP contribution in [0.4, 0.5) is 0 Å². The van der Waals surface area contributed by atoms with Crippen LogP contribution in [0.1, 0.15) is 13.3 Å². The second kappa shape index (κ2) is 3.30. The van der Waals surface area contributed by atoms with Crippen molar-refractivity contribution in [1.29, 1.82) is 0 Å². The summed E-state index contributed by atoms with van der Waals surface area (Å²) in [7, 11) is 1.45. The molecule has 1 fully saturated rings. The number of ketones is 1. The van der Waals surface area contributed by atoms with Gasteiger partial charge in [-0.15, -0.1) is 0 Å². The Labute approximate surface area is 65.1 Å². The van der Waals surface area contributed by atoms with Gasteiger partial charge in [0.2, 0.25) is 0 Å². The summed E-state index contributed by atoms with van der Waals surface area (Å²) in [5, 5.41) is 9.04. The maximum atomic E-state index is 11.1. The molecule has 0 aliphatic carbocycles. The molecule has 1 heterocycles. The van der Waals surface area contributed by atoms with E-state index in [0.717, 1.165) is 0 Å². The SMILES string of the molecule is COC1CC(O)O[C@@H](C)C1=O. The molecule has 4 nitrogen and oxygen atoms in total. The van der Waals surface area contributed by atoms with E-state index >= 15 is 0 Å². The van der Waals surface area contributed by atoms with Crippen molar-refractivity contribution >= 4 is 5.78 Å². The van der Waals surface area contributed by atoms with Crippen molar-refractivity contribution in [2.24, 2.45) is 0 Å². The molecule has 1 aliphatic heterocycles. The standard InChI is InChI=1S/C7H12O4/c1-4-7(9)5(10-2)3-6(8)11-4/h4-6,8H,3H2,1-2H3/t4-,5?,6?/m0/s1. The third-order valence-corrected chi connectivity index (χ3v) is 1.78. The lowest BCUT2D eigenvalue weighted by Gasteiger charge is -2.28. The zero-order valence-corrected chi connectivity index (χ0v) is 6.61. The quantitative estimate of drug-likeness (QED) is 0.572. The summed E-state index contributed by atoms with van der Waals surface area (Å²) in [5.74, 6) is -0.0993. The number of aliphatic hydroxyl groups is 1. The van der Waals surface area contributed by atoms with Crippen LogP contribution in [0.3, 0.4) is 0 Å². The fourth-order valence-electron chi connectivity index (χ4n) is 1.13. The van der Waals surface area contributed by atoms with E-state index in [1.807, 2.05) is 0 Å². The summed E-state index contributed by atoms with van der Waals surface area (Å²) in [4.78, 5) is 11.1. The number of carbonyl (C=O) groups is 1. The second-order valence-electron chi connectivity index (χ2n) is 2.60. The molecule has 1 N–H and O–H groups in total. The summed E-state index contributed by atoms with van der Waals surface area (Å²) in [6.07, 6.45) is -1.69. The molecule has 64 valence electrons. The molecule has 0 amide bonds. The van der Waals surface area contributed by atoms with Gasteiger partial charge in [-0.3, -0.25) is 4.79 Å². The molecule has 1 rings (SSSR count). The summed E-state index contributed by atoms with van der Waals surface area (Å²) < 4.78 is 9.71. The van der Waals surface area contributed by atoms with E-state index in [4.69, 9.17) is 14.6 Å². The predicted molar refractivity (Wildman–Crippen MR) is 37.0 cm³/mol. The van der Waals surface area contributed by atoms with Crippen LogP contribution in [-0.4, -0.2) is 36.5 Å². The minimum Gasteiger partial charge on any atom is -0.373 e. The van der Waals surface area contributed by atoms with E-state index in [1.165, 1.54) is 7.11 Å². The molecule has 1 saturated heterocycles. The lowest BCUT2D eigenvalue weighted by molar-refractivity contribution is -0.193. The van der Waals surface area contributed by atoms with Gasteiger partial charge in [-0.2, -0.15) is 0 Å². The Morgan fingerprint density at radius 3 is 2.91 bits per heavy atom. The summed E-state index contributed by atoms with van der Waals surface area (Å²) in [6, 6.07) is 0. The van der Waals surface area contributed by atoms with Gasteiger partial charge in [-0.05, 0) is 6.92 Å². The number of rotatable bonds is 1. The van der Waals surface area contributed by atoms with Crippen LogP contribution >= 0.6 is 0 Å². The Hall–Kier alpha value is -0.450. The highest BCUT2D eigenvalue weighted by Crippen LogP contribution is 2.16. The first-order chi connectivity index (χ1) is 5.15. The van der Waals surface area contributed by atoms with Crippen LogP contribution in [0.25, 0.3) is 0 Å². The largest absolute Gasteiger partial charge is 0.373 e. The minimum absolute atomic E-state index is 0.0993. The molecule has 0 aromatic heterocycles. The van der Waals surface area contributed by atoms with Crippen molar-refractivity contribution in [2.75, 3.05) is 7.11 Å². The number of methoxy groups -OCH3 is 1.